The van der Waals surface area contributed by atoms with Crippen molar-refractivity contribution in [2.24, 2.45) is 0 Å². The average Bonchev–Trinajstić information content (AvgIpc) is 2.88. The lowest BCUT2D eigenvalue weighted by Crippen LogP contribution is -2.11. The number of nitrogen functional groups attached to an aromatic ring is 2. The third-order valence-electron chi connectivity index (χ3n) is 5.51. The predicted octanol–water partition coefficient (Wildman–Crippen LogP) is 5.36. The van der Waals surface area contributed by atoms with Crippen LogP contribution in [0, 0.1) is 0 Å². The first-order valence-electron chi connectivity index (χ1n) is 12.1. The molecule has 0 fully saturated rings. The fraction of sp³-hybridized carbons (Fsp3) is 0.241. The predicted molar refractivity (Wildman–Crippen MR) is 144 cm³/mol. The Morgan fingerprint density at radius 3 is 2.14 bits per heavy atom. The Hall–Kier alpha value is -4.46. The molecule has 0 heterocycles. The number of hydrogen-bond acceptors (Lipinski definition) is 7. The molecule has 0 aliphatic rings. The summed E-state index contributed by atoms with van der Waals surface area (Å²) in [7, 11) is 0. The summed E-state index contributed by atoms with van der Waals surface area (Å²) < 4.78 is 16.7. The number of anilines is 2. The number of carboxylic acid groups (broad SMARTS) is 1. The fourth-order valence-electron chi connectivity index (χ4n) is 3.59. The number of benzene rings is 3. The summed E-state index contributed by atoms with van der Waals surface area (Å²) >= 11 is 0. The molecule has 0 amide bonds. The van der Waals surface area contributed by atoms with Gasteiger partial charge in [0.25, 0.3) is 0 Å². The van der Waals surface area contributed by atoms with Gasteiger partial charge in [-0.1, -0.05) is 31.9 Å². The van der Waals surface area contributed by atoms with E-state index < -0.39 is 11.9 Å². The van der Waals surface area contributed by atoms with Gasteiger partial charge in [-0.05, 0) is 72.2 Å². The summed E-state index contributed by atoms with van der Waals surface area (Å²) in [4.78, 5) is 23.6. The molecule has 5 N–H and O–H groups in total. The van der Waals surface area contributed by atoms with Gasteiger partial charge in [-0.15, -0.1) is 0 Å². The molecule has 3 aromatic rings. The number of hydrogen-bond donors (Lipinski definition) is 3. The molecule has 0 radical (unpaired) electrons. The zero-order valence-corrected chi connectivity index (χ0v) is 20.8. The minimum atomic E-state index is -1.09. The molecule has 0 spiro atoms. The van der Waals surface area contributed by atoms with Crippen molar-refractivity contribution in [3.05, 3.63) is 83.4 Å². The number of unbranched alkanes of at least 4 members (excludes halogenated alkanes) is 2. The van der Waals surface area contributed by atoms with Crippen LogP contribution in [-0.2, 0) is 11.2 Å². The molecule has 3 aromatic carbocycles. The number of carbonyl (C=O) groups is 2. The van der Waals surface area contributed by atoms with Crippen LogP contribution in [0.15, 0.2) is 66.7 Å². The Morgan fingerprint density at radius 2 is 1.49 bits per heavy atom. The van der Waals surface area contributed by atoms with Crippen molar-refractivity contribution in [1.29, 1.82) is 0 Å². The van der Waals surface area contributed by atoms with Crippen LogP contribution in [-0.4, -0.2) is 30.3 Å². The topological polar surface area (TPSA) is 134 Å². The van der Waals surface area contributed by atoms with E-state index in [0.717, 1.165) is 30.6 Å². The molecule has 8 nitrogen and oxygen atoms in total. The largest absolute Gasteiger partial charge is 0.494 e. The molecule has 0 aliphatic heterocycles. The summed E-state index contributed by atoms with van der Waals surface area (Å²) in [6.45, 7) is 3.05. The van der Waals surface area contributed by atoms with E-state index in [0.29, 0.717) is 41.5 Å². The molecular formula is C29H32N2O6. The van der Waals surface area contributed by atoms with E-state index in [1.807, 2.05) is 0 Å². The quantitative estimate of drug-likeness (QED) is 0.0931. The molecule has 0 atom stereocenters. The number of carboxylic acids is 1. The van der Waals surface area contributed by atoms with Crippen LogP contribution >= 0.6 is 0 Å². The maximum Gasteiger partial charge on any atom is 0.336 e. The van der Waals surface area contributed by atoms with E-state index in [-0.39, 0.29) is 12.2 Å². The first kappa shape index (κ1) is 27.1. The molecule has 0 unspecified atom stereocenters. The van der Waals surface area contributed by atoms with E-state index in [4.69, 9.17) is 25.7 Å². The Labute approximate surface area is 216 Å². The summed E-state index contributed by atoms with van der Waals surface area (Å²) in [5.41, 5.74) is 13.6. The highest BCUT2D eigenvalue weighted by molar-refractivity contribution is 5.92. The number of rotatable bonds is 13. The van der Waals surface area contributed by atoms with Crippen molar-refractivity contribution in [2.45, 2.75) is 32.6 Å². The summed E-state index contributed by atoms with van der Waals surface area (Å²) in [5.74, 6) is 0.197. The summed E-state index contributed by atoms with van der Waals surface area (Å²) in [6, 6.07) is 17.0. The minimum Gasteiger partial charge on any atom is -0.494 e. The highest BCUT2D eigenvalue weighted by atomic mass is 16.5. The average molecular weight is 505 g/mol. The van der Waals surface area contributed by atoms with Gasteiger partial charge < -0.3 is 30.8 Å². The van der Waals surface area contributed by atoms with Crippen molar-refractivity contribution >= 4 is 29.4 Å². The van der Waals surface area contributed by atoms with Gasteiger partial charge in [0.15, 0.2) is 0 Å². The second-order valence-corrected chi connectivity index (χ2v) is 8.39. The van der Waals surface area contributed by atoms with Crippen molar-refractivity contribution in [3.8, 4) is 17.2 Å². The van der Waals surface area contributed by atoms with Crippen LogP contribution in [0.1, 0.15) is 47.7 Å². The monoisotopic (exact) mass is 504 g/mol. The highest BCUT2D eigenvalue weighted by Crippen LogP contribution is 2.23. The number of carbonyl (C=O) groups excluding carboxylic acids is 1. The molecule has 8 heteroatoms. The standard InChI is InChI=1S/C29H32N2O6/c1-2-3-4-16-35-23-10-12-24(13-11-23)37-28(32)14-7-20-5-8-22(9-6-20)36-17-15-25-26(29(33)34)18-21(30)19-27(25)31/h5-14,18-19H,2-4,15-17,30-31H2,1H3,(H,33,34)/b14-7+. The number of esters is 1. The van der Waals surface area contributed by atoms with Crippen LogP contribution < -0.4 is 25.7 Å². The molecule has 3 rings (SSSR count). The first-order chi connectivity index (χ1) is 17.9. The molecule has 0 saturated carbocycles. The molecule has 0 aromatic heterocycles. The summed E-state index contributed by atoms with van der Waals surface area (Å²) in [6.07, 6.45) is 6.59. The van der Waals surface area contributed by atoms with E-state index in [1.54, 1.807) is 54.6 Å². The smallest absolute Gasteiger partial charge is 0.336 e. The van der Waals surface area contributed by atoms with Crippen LogP contribution in [0.25, 0.3) is 6.08 Å². The van der Waals surface area contributed by atoms with Crippen LogP contribution in [0.3, 0.4) is 0 Å². The number of ether oxygens (including phenoxy) is 3. The maximum atomic E-state index is 12.2. The van der Waals surface area contributed by atoms with E-state index >= 15 is 0 Å². The van der Waals surface area contributed by atoms with Crippen LogP contribution in [0.4, 0.5) is 11.4 Å². The molecule has 0 bridgehead atoms. The normalized spacial score (nSPS) is 10.8. The van der Waals surface area contributed by atoms with Crippen molar-refractivity contribution in [1.82, 2.24) is 0 Å². The fourth-order valence-corrected chi connectivity index (χ4v) is 3.59. The minimum absolute atomic E-state index is 0.0696. The Kier molecular flexibility index (Phi) is 9.96. The number of nitrogens with two attached hydrogens (primary N) is 2. The molecule has 194 valence electrons. The third kappa shape index (κ3) is 8.61. The Bertz CT molecular complexity index is 1220. The van der Waals surface area contributed by atoms with E-state index in [2.05, 4.69) is 6.92 Å². The van der Waals surface area contributed by atoms with E-state index in [1.165, 1.54) is 18.2 Å². The van der Waals surface area contributed by atoms with Gasteiger partial charge >= 0.3 is 11.9 Å². The zero-order chi connectivity index (χ0) is 26.6. The van der Waals surface area contributed by atoms with Gasteiger partial charge in [-0.3, -0.25) is 0 Å². The lowest BCUT2D eigenvalue weighted by molar-refractivity contribution is -0.128. The Balaban J connectivity index is 1.47. The van der Waals surface area contributed by atoms with Gasteiger partial charge in [-0.25, -0.2) is 9.59 Å². The van der Waals surface area contributed by atoms with Crippen molar-refractivity contribution in [2.75, 3.05) is 24.7 Å². The summed E-state index contributed by atoms with van der Waals surface area (Å²) in [5, 5.41) is 9.39. The van der Waals surface area contributed by atoms with Crippen molar-refractivity contribution < 1.29 is 28.9 Å². The number of aromatic carboxylic acids is 1. The van der Waals surface area contributed by atoms with Crippen LogP contribution in [0.5, 0.6) is 17.2 Å². The molecule has 0 aliphatic carbocycles. The molecular weight excluding hydrogens is 472 g/mol. The van der Waals surface area contributed by atoms with Gasteiger partial charge in [0.1, 0.15) is 17.2 Å². The highest BCUT2D eigenvalue weighted by Gasteiger charge is 2.14. The van der Waals surface area contributed by atoms with Crippen LogP contribution in [0.2, 0.25) is 0 Å². The Morgan fingerprint density at radius 1 is 0.865 bits per heavy atom. The van der Waals surface area contributed by atoms with Gasteiger partial charge in [0.05, 0.1) is 18.8 Å². The SMILES string of the molecule is CCCCCOc1ccc(OC(=O)/C=C/c2ccc(OCCc3c(N)cc(N)cc3C(=O)O)cc2)cc1. The molecule has 37 heavy (non-hydrogen) atoms. The maximum absolute atomic E-state index is 12.2. The first-order valence-corrected chi connectivity index (χ1v) is 12.1. The second-order valence-electron chi connectivity index (χ2n) is 8.39. The van der Waals surface area contributed by atoms with Gasteiger partial charge in [-0.2, -0.15) is 0 Å². The zero-order valence-electron chi connectivity index (χ0n) is 20.8. The van der Waals surface area contributed by atoms with Gasteiger partial charge in [0.2, 0.25) is 0 Å². The lowest BCUT2D eigenvalue weighted by atomic mass is 10.0. The third-order valence-corrected chi connectivity index (χ3v) is 5.51. The molecule has 0 saturated heterocycles. The van der Waals surface area contributed by atoms with E-state index in [9.17, 15) is 14.7 Å². The second kappa shape index (κ2) is 13.6. The van der Waals surface area contributed by atoms with Crippen molar-refractivity contribution in [3.63, 3.8) is 0 Å². The van der Waals surface area contributed by atoms with Gasteiger partial charge in [0, 0.05) is 23.9 Å². The lowest BCUT2D eigenvalue weighted by Gasteiger charge is -2.12.